The molecule has 0 spiro atoms. The number of thioether (sulfide) groups is 1. The Hall–Kier alpha value is -2.14. The average Bonchev–Trinajstić information content (AvgIpc) is 3.12. The molecule has 9 heteroatoms. The van der Waals surface area contributed by atoms with Crippen LogP contribution in [0.2, 0.25) is 0 Å². The van der Waals surface area contributed by atoms with Gasteiger partial charge in [-0.05, 0) is 25.1 Å². The van der Waals surface area contributed by atoms with E-state index in [-0.39, 0.29) is 0 Å². The SMILES string of the molecule is CCOc1ccccc1Cn1c(SC2OC(CO)C(O)C(O)C2O)nc2ccccc21. The van der Waals surface area contributed by atoms with Crippen molar-refractivity contribution in [3.05, 3.63) is 54.1 Å². The molecule has 5 unspecified atom stereocenters. The number of aliphatic hydroxyl groups is 4. The molecule has 0 saturated carbocycles. The van der Waals surface area contributed by atoms with Gasteiger partial charge in [0.05, 0.1) is 30.8 Å². The number of nitrogens with zero attached hydrogens (tertiary/aromatic N) is 2. The van der Waals surface area contributed by atoms with Crippen molar-refractivity contribution in [2.24, 2.45) is 0 Å². The smallest absolute Gasteiger partial charge is 0.171 e. The molecule has 2 heterocycles. The largest absolute Gasteiger partial charge is 0.494 e. The van der Waals surface area contributed by atoms with Crippen molar-refractivity contribution in [2.45, 2.75) is 48.5 Å². The molecule has 1 fully saturated rings. The minimum atomic E-state index is -1.43. The third-order valence-corrected chi connectivity index (χ3v) is 6.44. The molecule has 1 aliphatic heterocycles. The molecule has 0 aliphatic carbocycles. The normalized spacial score (nSPS) is 26.3. The first-order valence-corrected chi connectivity index (χ1v) is 11.0. The lowest BCUT2D eigenvalue weighted by atomic mass is 10.0. The van der Waals surface area contributed by atoms with Crippen LogP contribution in [0, 0.1) is 0 Å². The summed E-state index contributed by atoms with van der Waals surface area (Å²) >= 11 is 1.14. The highest BCUT2D eigenvalue weighted by molar-refractivity contribution is 7.99. The maximum absolute atomic E-state index is 10.5. The molecule has 1 saturated heterocycles. The van der Waals surface area contributed by atoms with E-state index in [9.17, 15) is 20.4 Å². The monoisotopic (exact) mass is 446 g/mol. The Bertz CT molecular complexity index is 1030. The first-order valence-electron chi connectivity index (χ1n) is 10.2. The zero-order valence-corrected chi connectivity index (χ0v) is 17.9. The standard InChI is InChI=1S/C22H26N2O6S/c1-2-29-16-10-6-3-7-13(16)11-24-15-9-5-4-8-14(15)23-22(24)31-21-20(28)19(27)18(26)17(12-25)30-21/h3-10,17-21,25-28H,2,11-12H2,1H3. The fraction of sp³-hybridized carbons (Fsp3) is 0.409. The molecule has 31 heavy (non-hydrogen) atoms. The Morgan fingerprint density at radius 2 is 1.77 bits per heavy atom. The van der Waals surface area contributed by atoms with Crippen LogP contribution in [-0.4, -0.2) is 73.0 Å². The van der Waals surface area contributed by atoms with Gasteiger partial charge in [0, 0.05) is 5.56 Å². The number of fused-ring (bicyclic) bond motifs is 1. The molecule has 0 radical (unpaired) electrons. The number of hydrogen-bond acceptors (Lipinski definition) is 8. The molecular formula is C22H26N2O6S. The summed E-state index contributed by atoms with van der Waals surface area (Å²) in [6.45, 7) is 2.49. The third-order valence-electron chi connectivity index (χ3n) is 5.29. The van der Waals surface area contributed by atoms with E-state index in [1.165, 1.54) is 0 Å². The molecule has 2 aromatic carbocycles. The summed E-state index contributed by atoms with van der Waals surface area (Å²) in [5, 5.41) is 40.7. The van der Waals surface area contributed by atoms with Crippen LogP contribution < -0.4 is 4.74 Å². The van der Waals surface area contributed by atoms with Crippen LogP contribution in [0.25, 0.3) is 11.0 Å². The molecule has 0 bridgehead atoms. The van der Waals surface area contributed by atoms with Crippen LogP contribution in [0.1, 0.15) is 12.5 Å². The van der Waals surface area contributed by atoms with Gasteiger partial charge in [-0.15, -0.1) is 0 Å². The van der Waals surface area contributed by atoms with Gasteiger partial charge in [-0.25, -0.2) is 4.98 Å². The fourth-order valence-electron chi connectivity index (χ4n) is 3.67. The average molecular weight is 447 g/mol. The second-order valence-corrected chi connectivity index (χ2v) is 8.39. The number of para-hydroxylation sites is 3. The zero-order valence-electron chi connectivity index (χ0n) is 17.0. The van der Waals surface area contributed by atoms with Crippen LogP contribution in [0.4, 0.5) is 0 Å². The molecule has 1 aromatic heterocycles. The van der Waals surface area contributed by atoms with Gasteiger partial charge in [0.25, 0.3) is 0 Å². The zero-order chi connectivity index (χ0) is 22.0. The van der Waals surface area contributed by atoms with Crippen molar-refractivity contribution in [2.75, 3.05) is 13.2 Å². The summed E-state index contributed by atoms with van der Waals surface area (Å²) in [4.78, 5) is 4.70. The quantitative estimate of drug-likeness (QED) is 0.430. The highest BCUT2D eigenvalue weighted by Gasteiger charge is 2.44. The predicted octanol–water partition coefficient (Wildman–Crippen LogP) is 1.38. The van der Waals surface area contributed by atoms with E-state index < -0.39 is 36.5 Å². The van der Waals surface area contributed by atoms with Crippen molar-refractivity contribution in [1.29, 1.82) is 0 Å². The van der Waals surface area contributed by atoms with E-state index >= 15 is 0 Å². The lowest BCUT2D eigenvalue weighted by Crippen LogP contribution is -2.57. The van der Waals surface area contributed by atoms with Crippen LogP contribution in [0.5, 0.6) is 5.75 Å². The van der Waals surface area contributed by atoms with E-state index in [4.69, 9.17) is 14.5 Å². The minimum absolute atomic E-state index is 0.472. The molecule has 8 nitrogen and oxygen atoms in total. The van der Waals surface area contributed by atoms with Crippen LogP contribution in [-0.2, 0) is 11.3 Å². The van der Waals surface area contributed by atoms with Gasteiger partial charge in [-0.2, -0.15) is 0 Å². The molecule has 4 rings (SSSR count). The summed E-state index contributed by atoms with van der Waals surface area (Å²) in [5.41, 5.74) is 1.75. The second-order valence-electron chi connectivity index (χ2n) is 7.33. The van der Waals surface area contributed by atoms with Gasteiger partial charge >= 0.3 is 0 Å². The minimum Gasteiger partial charge on any atom is -0.494 e. The van der Waals surface area contributed by atoms with Gasteiger partial charge in [0.15, 0.2) is 5.16 Å². The number of hydrogen-bond donors (Lipinski definition) is 4. The van der Waals surface area contributed by atoms with E-state index in [1.807, 2.05) is 60.0 Å². The van der Waals surface area contributed by atoms with Crippen LogP contribution >= 0.6 is 11.8 Å². The van der Waals surface area contributed by atoms with E-state index in [2.05, 4.69) is 0 Å². The molecule has 3 aromatic rings. The highest BCUT2D eigenvalue weighted by Crippen LogP contribution is 2.35. The lowest BCUT2D eigenvalue weighted by molar-refractivity contribution is -0.205. The van der Waals surface area contributed by atoms with E-state index in [0.717, 1.165) is 34.1 Å². The summed E-state index contributed by atoms with van der Waals surface area (Å²) in [5.74, 6) is 0.784. The Morgan fingerprint density at radius 1 is 1.03 bits per heavy atom. The number of imidazole rings is 1. The first kappa shape index (κ1) is 22.1. The molecule has 1 aliphatic rings. The predicted molar refractivity (Wildman–Crippen MR) is 116 cm³/mol. The van der Waals surface area contributed by atoms with Crippen LogP contribution in [0.3, 0.4) is 0 Å². The van der Waals surface area contributed by atoms with Gasteiger partial charge < -0.3 is 34.5 Å². The topological polar surface area (TPSA) is 117 Å². The number of ether oxygens (including phenoxy) is 2. The lowest BCUT2D eigenvalue weighted by Gasteiger charge is -2.39. The van der Waals surface area contributed by atoms with Crippen molar-refractivity contribution in [1.82, 2.24) is 9.55 Å². The molecule has 0 amide bonds. The summed E-state index contributed by atoms with van der Waals surface area (Å²) < 4.78 is 13.4. The van der Waals surface area contributed by atoms with Crippen LogP contribution in [0.15, 0.2) is 53.7 Å². The molecule has 5 atom stereocenters. The maximum atomic E-state index is 10.5. The number of rotatable bonds is 7. The Labute approximate surface area is 184 Å². The fourth-order valence-corrected chi connectivity index (χ4v) is 4.81. The van der Waals surface area contributed by atoms with Crippen molar-refractivity contribution >= 4 is 22.8 Å². The van der Waals surface area contributed by atoms with Crippen molar-refractivity contribution in [3.63, 3.8) is 0 Å². The van der Waals surface area contributed by atoms with Crippen molar-refractivity contribution in [3.8, 4) is 5.75 Å². The van der Waals surface area contributed by atoms with E-state index in [0.29, 0.717) is 18.3 Å². The van der Waals surface area contributed by atoms with Gasteiger partial charge in [-0.3, -0.25) is 0 Å². The third kappa shape index (κ3) is 4.43. The maximum Gasteiger partial charge on any atom is 0.171 e. The van der Waals surface area contributed by atoms with Gasteiger partial charge in [-0.1, -0.05) is 42.1 Å². The summed E-state index contributed by atoms with van der Waals surface area (Å²) in [6.07, 6.45) is -5.13. The van der Waals surface area contributed by atoms with Gasteiger partial charge in [0.1, 0.15) is 35.6 Å². The Balaban J connectivity index is 1.69. The van der Waals surface area contributed by atoms with Gasteiger partial charge in [0.2, 0.25) is 0 Å². The highest BCUT2D eigenvalue weighted by atomic mass is 32.2. The number of aliphatic hydroxyl groups excluding tert-OH is 4. The molecular weight excluding hydrogens is 420 g/mol. The number of aromatic nitrogens is 2. The first-order chi connectivity index (χ1) is 15.0. The second kappa shape index (κ2) is 9.56. The van der Waals surface area contributed by atoms with E-state index in [1.54, 1.807) is 0 Å². The summed E-state index contributed by atoms with van der Waals surface area (Å²) in [7, 11) is 0. The summed E-state index contributed by atoms with van der Waals surface area (Å²) in [6, 6.07) is 15.5. The van der Waals surface area contributed by atoms with Crippen molar-refractivity contribution < 1.29 is 29.9 Å². The molecule has 166 valence electrons. The Kier molecular flexibility index (Phi) is 6.80. The Morgan fingerprint density at radius 3 is 2.55 bits per heavy atom. The molecule has 4 N–H and O–H groups in total. The number of benzene rings is 2.